The molecule has 1 aliphatic heterocycles. The van der Waals surface area contributed by atoms with Gasteiger partial charge >= 0.3 is 0 Å². The van der Waals surface area contributed by atoms with E-state index in [1.165, 1.54) is 12.1 Å². The number of nitro groups is 1. The molecule has 0 radical (unpaired) electrons. The molecule has 1 saturated heterocycles. The van der Waals surface area contributed by atoms with E-state index in [1.54, 1.807) is 12.1 Å². The smallest absolute Gasteiger partial charge is 0.269 e. The fraction of sp³-hybridized carbons (Fsp3) is 0.500. The number of rotatable bonds is 4. The molecule has 5 nitrogen and oxygen atoms in total. The lowest BCUT2D eigenvalue weighted by Crippen LogP contribution is -2.25. The van der Waals surface area contributed by atoms with E-state index < -0.39 is 4.92 Å². The molecule has 1 heterocycles. The van der Waals surface area contributed by atoms with Crippen LogP contribution in [0, 0.1) is 16.0 Å². The normalized spacial score (nSPS) is 21.1. The Morgan fingerprint density at radius 3 is 2.71 bits per heavy atom. The molecular weight excluding hydrogens is 220 g/mol. The number of anilines is 1. The van der Waals surface area contributed by atoms with Gasteiger partial charge in [0.1, 0.15) is 0 Å². The number of nitrogens with one attached hydrogen (secondary N) is 1. The zero-order chi connectivity index (χ0) is 12.3. The van der Waals surface area contributed by atoms with Crippen LogP contribution < -0.4 is 5.32 Å². The Labute approximate surface area is 99.9 Å². The predicted molar refractivity (Wildman–Crippen MR) is 65.1 cm³/mol. The van der Waals surface area contributed by atoms with Crippen molar-refractivity contribution in [3.63, 3.8) is 0 Å². The van der Waals surface area contributed by atoms with E-state index in [-0.39, 0.29) is 5.69 Å². The Balaban J connectivity index is 1.96. The largest absolute Gasteiger partial charge is 0.382 e. The van der Waals surface area contributed by atoms with E-state index in [0.29, 0.717) is 12.0 Å². The molecule has 0 aliphatic carbocycles. The average molecular weight is 236 g/mol. The van der Waals surface area contributed by atoms with E-state index in [1.807, 2.05) is 0 Å². The van der Waals surface area contributed by atoms with Crippen LogP contribution in [0.1, 0.15) is 13.3 Å². The van der Waals surface area contributed by atoms with Gasteiger partial charge in [0.25, 0.3) is 5.69 Å². The Kier molecular flexibility index (Phi) is 3.58. The second-order valence-electron chi connectivity index (χ2n) is 4.36. The highest BCUT2D eigenvalue weighted by Gasteiger charge is 2.22. The number of hydrogen-bond acceptors (Lipinski definition) is 4. The van der Waals surface area contributed by atoms with Gasteiger partial charge in [0.15, 0.2) is 0 Å². The van der Waals surface area contributed by atoms with Gasteiger partial charge in [-0.3, -0.25) is 10.1 Å². The van der Waals surface area contributed by atoms with Gasteiger partial charge in [-0.25, -0.2) is 0 Å². The van der Waals surface area contributed by atoms with Crippen LogP contribution in [0.25, 0.3) is 0 Å². The lowest BCUT2D eigenvalue weighted by atomic mass is 10.0. The van der Waals surface area contributed by atoms with Gasteiger partial charge < -0.3 is 10.1 Å². The van der Waals surface area contributed by atoms with Crippen LogP contribution >= 0.6 is 0 Å². The van der Waals surface area contributed by atoms with Gasteiger partial charge in [-0.15, -0.1) is 0 Å². The lowest BCUT2D eigenvalue weighted by molar-refractivity contribution is -0.384. The van der Waals surface area contributed by atoms with E-state index in [2.05, 4.69) is 12.2 Å². The Morgan fingerprint density at radius 2 is 2.18 bits per heavy atom. The third-order valence-electron chi connectivity index (χ3n) is 3.14. The SMILES string of the molecule is CC(Nc1ccc([N+](=O)[O-])cc1)C1CCOC1. The molecule has 1 fully saturated rings. The number of nitrogens with zero attached hydrogens (tertiary/aromatic N) is 1. The maximum Gasteiger partial charge on any atom is 0.269 e. The van der Waals surface area contributed by atoms with Crippen LogP contribution in [0.4, 0.5) is 11.4 Å². The fourth-order valence-corrected chi connectivity index (χ4v) is 2.01. The van der Waals surface area contributed by atoms with Crippen LogP contribution in [0.2, 0.25) is 0 Å². The monoisotopic (exact) mass is 236 g/mol. The van der Waals surface area contributed by atoms with Crippen molar-refractivity contribution in [3.05, 3.63) is 34.4 Å². The summed E-state index contributed by atoms with van der Waals surface area (Å²) in [5.41, 5.74) is 1.03. The van der Waals surface area contributed by atoms with Crippen molar-refractivity contribution in [2.45, 2.75) is 19.4 Å². The second-order valence-corrected chi connectivity index (χ2v) is 4.36. The predicted octanol–water partition coefficient (Wildman–Crippen LogP) is 2.43. The van der Waals surface area contributed by atoms with Crippen LogP contribution in [0.5, 0.6) is 0 Å². The molecule has 5 heteroatoms. The number of ether oxygens (including phenoxy) is 1. The third-order valence-corrected chi connectivity index (χ3v) is 3.14. The van der Waals surface area contributed by atoms with Crippen LogP contribution in [-0.2, 0) is 4.74 Å². The molecular formula is C12H16N2O3. The Hall–Kier alpha value is -1.62. The highest BCUT2D eigenvalue weighted by Crippen LogP contribution is 2.21. The minimum absolute atomic E-state index is 0.118. The minimum Gasteiger partial charge on any atom is -0.382 e. The summed E-state index contributed by atoms with van der Waals surface area (Å²) >= 11 is 0. The van der Waals surface area contributed by atoms with Crippen molar-refractivity contribution in [2.24, 2.45) is 5.92 Å². The van der Waals surface area contributed by atoms with Crippen molar-refractivity contribution in [3.8, 4) is 0 Å². The Morgan fingerprint density at radius 1 is 1.47 bits per heavy atom. The van der Waals surface area contributed by atoms with E-state index >= 15 is 0 Å². The second kappa shape index (κ2) is 5.14. The third kappa shape index (κ3) is 2.94. The summed E-state index contributed by atoms with van der Waals surface area (Å²) in [5.74, 6) is 0.519. The summed E-state index contributed by atoms with van der Waals surface area (Å²) in [6, 6.07) is 6.83. The van der Waals surface area contributed by atoms with E-state index in [0.717, 1.165) is 25.3 Å². The molecule has 2 atom stereocenters. The average Bonchev–Trinajstić information content (AvgIpc) is 2.83. The number of hydrogen-bond donors (Lipinski definition) is 1. The molecule has 1 aromatic rings. The minimum atomic E-state index is -0.391. The van der Waals surface area contributed by atoms with Crippen molar-refractivity contribution in [1.29, 1.82) is 0 Å². The molecule has 0 amide bonds. The standard InChI is InChI=1S/C12H16N2O3/c1-9(10-6-7-17-8-10)13-11-2-4-12(5-3-11)14(15)16/h2-5,9-10,13H,6-8H2,1H3. The van der Waals surface area contributed by atoms with Crippen molar-refractivity contribution in [2.75, 3.05) is 18.5 Å². The van der Waals surface area contributed by atoms with Crippen molar-refractivity contribution < 1.29 is 9.66 Å². The molecule has 0 saturated carbocycles. The topological polar surface area (TPSA) is 64.4 Å². The number of nitro benzene ring substituents is 1. The maximum atomic E-state index is 10.5. The molecule has 17 heavy (non-hydrogen) atoms. The Bertz CT molecular complexity index is 385. The van der Waals surface area contributed by atoms with Crippen LogP contribution in [0.3, 0.4) is 0 Å². The summed E-state index contributed by atoms with van der Waals surface area (Å²) in [5, 5.41) is 13.9. The summed E-state index contributed by atoms with van der Waals surface area (Å²) in [6.45, 7) is 3.73. The lowest BCUT2D eigenvalue weighted by Gasteiger charge is -2.20. The molecule has 1 aliphatic rings. The van der Waals surface area contributed by atoms with Crippen LogP contribution in [-0.4, -0.2) is 24.2 Å². The van der Waals surface area contributed by atoms with Gasteiger partial charge in [-0.05, 0) is 25.5 Å². The first kappa shape index (κ1) is 11.9. The molecule has 2 rings (SSSR count). The number of benzene rings is 1. The zero-order valence-corrected chi connectivity index (χ0v) is 9.76. The molecule has 0 spiro atoms. The molecule has 1 aromatic carbocycles. The van der Waals surface area contributed by atoms with E-state index in [4.69, 9.17) is 4.74 Å². The van der Waals surface area contributed by atoms with Crippen molar-refractivity contribution in [1.82, 2.24) is 0 Å². The number of non-ortho nitro benzene ring substituents is 1. The van der Waals surface area contributed by atoms with Crippen molar-refractivity contribution >= 4 is 11.4 Å². The summed E-state index contributed by atoms with van der Waals surface area (Å²) in [6.07, 6.45) is 1.07. The molecule has 1 N–H and O–H groups in total. The van der Waals surface area contributed by atoms with Gasteiger partial charge in [0.2, 0.25) is 0 Å². The van der Waals surface area contributed by atoms with Gasteiger partial charge in [0, 0.05) is 36.4 Å². The maximum absolute atomic E-state index is 10.5. The molecule has 0 bridgehead atoms. The molecule has 2 unspecified atom stereocenters. The van der Waals surface area contributed by atoms with Crippen LogP contribution in [0.15, 0.2) is 24.3 Å². The van der Waals surface area contributed by atoms with Gasteiger partial charge in [0.05, 0.1) is 11.5 Å². The first-order chi connectivity index (χ1) is 8.16. The zero-order valence-electron chi connectivity index (χ0n) is 9.76. The fourth-order valence-electron chi connectivity index (χ4n) is 2.01. The highest BCUT2D eigenvalue weighted by atomic mass is 16.6. The first-order valence-electron chi connectivity index (χ1n) is 5.75. The summed E-state index contributed by atoms with van der Waals surface area (Å²) < 4.78 is 5.34. The van der Waals surface area contributed by atoms with Gasteiger partial charge in [-0.2, -0.15) is 0 Å². The highest BCUT2D eigenvalue weighted by molar-refractivity contribution is 5.49. The first-order valence-corrected chi connectivity index (χ1v) is 5.75. The molecule has 92 valence electrons. The summed E-state index contributed by atoms with van der Waals surface area (Å²) in [4.78, 5) is 10.1. The summed E-state index contributed by atoms with van der Waals surface area (Å²) in [7, 11) is 0. The molecule has 0 aromatic heterocycles. The quantitative estimate of drug-likeness (QED) is 0.644. The van der Waals surface area contributed by atoms with Gasteiger partial charge in [-0.1, -0.05) is 0 Å². The van der Waals surface area contributed by atoms with E-state index in [9.17, 15) is 10.1 Å².